The molecule has 4 amide bonds. The van der Waals surface area contributed by atoms with E-state index in [2.05, 4.69) is 13.1 Å². The molecular weight excluding hydrogens is 801 g/mol. The van der Waals surface area contributed by atoms with Crippen molar-refractivity contribution in [2.75, 3.05) is 35.0 Å². The molecule has 0 bridgehead atoms. The number of esters is 2. The number of rotatable bonds is 12. The number of fused-ring (bicyclic) bond motifs is 2. The summed E-state index contributed by atoms with van der Waals surface area (Å²) in [5.74, 6) is -1.74. The van der Waals surface area contributed by atoms with E-state index in [1.54, 1.807) is 53.3 Å². The van der Waals surface area contributed by atoms with Gasteiger partial charge in [0.15, 0.2) is 18.1 Å². The first-order valence-corrected chi connectivity index (χ1v) is 23.9. The Morgan fingerprint density at radius 3 is 2.11 bits per heavy atom. The van der Waals surface area contributed by atoms with Gasteiger partial charge in [0.1, 0.15) is 5.75 Å². The highest BCUT2D eigenvalue weighted by Crippen LogP contribution is 2.61. The third-order valence-electron chi connectivity index (χ3n) is 13.3. The van der Waals surface area contributed by atoms with Crippen LogP contribution >= 0.6 is 0 Å². The molecule has 0 aromatic heterocycles. The number of ether oxygens (including phenoxy) is 4. The molecule has 15 nitrogen and oxygen atoms in total. The van der Waals surface area contributed by atoms with Crippen LogP contribution < -0.4 is 24.6 Å². The summed E-state index contributed by atoms with van der Waals surface area (Å²) in [7, 11) is -1.05. The standard InChI is InChI=1S/C45H52N4O11Si/c1-26-43(61(5,6)34-15-13-33(57-4)14-16-34)37(21-38(53)46-18-8-11-32(46)25-50)60-45(26)35-20-31(49-40(55)23-42(49)59-28(3)52)12-17-36(35)47(44(45)56)24-29-9-7-10-30(19-29)48-39(54)22-41(48)58-27(2)51/h7,9-10,12-17,19-20,26,32,37,41-43,50H,8,11,18,21-25H2,1-6H3/t26-,32+,37+,41?,42?,43-,45+/m1/s1. The van der Waals surface area contributed by atoms with E-state index in [0.29, 0.717) is 46.9 Å². The normalized spacial score (nSPS) is 27.0. The molecule has 1 N–H and O–H groups in total. The number of amides is 4. The van der Waals surface area contributed by atoms with Gasteiger partial charge in [0.2, 0.25) is 17.7 Å². The van der Waals surface area contributed by atoms with E-state index >= 15 is 4.79 Å². The molecule has 5 heterocycles. The Morgan fingerprint density at radius 1 is 0.885 bits per heavy atom. The predicted octanol–water partition coefficient (Wildman–Crippen LogP) is 4.08. The number of benzene rings is 3. The molecule has 7 atom stereocenters. The van der Waals surface area contributed by atoms with Crippen molar-refractivity contribution in [2.45, 2.75) is 108 Å². The van der Waals surface area contributed by atoms with Crippen molar-refractivity contribution in [2.24, 2.45) is 5.92 Å². The number of aliphatic hydroxyl groups excluding tert-OH is 1. The first kappa shape index (κ1) is 42.1. The number of aliphatic hydroxyl groups is 1. The Balaban J connectivity index is 1.23. The maximum Gasteiger partial charge on any atom is 0.304 e. The maximum absolute atomic E-state index is 15.6. The van der Waals surface area contributed by atoms with Crippen molar-refractivity contribution in [1.29, 1.82) is 0 Å². The Kier molecular flexibility index (Phi) is 11.1. The third-order valence-corrected chi connectivity index (χ3v) is 17.7. The van der Waals surface area contributed by atoms with Gasteiger partial charge in [0.05, 0.1) is 65.4 Å². The second-order valence-corrected chi connectivity index (χ2v) is 21.9. The van der Waals surface area contributed by atoms with Gasteiger partial charge in [-0.1, -0.05) is 49.5 Å². The number of methoxy groups -OCH3 is 1. The SMILES string of the molecule is COc1ccc([Si](C)(C)[C@H]2[C@H](CC(=O)N3CCC[C@H]3CO)O[C@@]3(C(=O)N(Cc4cccc(N5C(=O)CC5OC(C)=O)c4)c4ccc(N5C(=O)CC5OC(C)=O)cc43)[C@@H]2C)cc1. The molecule has 0 saturated carbocycles. The molecule has 1 spiro atoms. The molecule has 4 fully saturated rings. The summed E-state index contributed by atoms with van der Waals surface area (Å²) in [5, 5.41) is 11.2. The van der Waals surface area contributed by atoms with Crippen LogP contribution in [0.3, 0.4) is 0 Å². The molecule has 4 saturated heterocycles. The van der Waals surface area contributed by atoms with Gasteiger partial charge in [0, 0.05) is 43.2 Å². The summed E-state index contributed by atoms with van der Waals surface area (Å²) >= 11 is 0. The minimum absolute atomic E-state index is 0.00328. The molecule has 5 aliphatic rings. The van der Waals surface area contributed by atoms with Gasteiger partial charge in [0.25, 0.3) is 5.91 Å². The third kappa shape index (κ3) is 7.17. The minimum Gasteiger partial charge on any atom is -0.497 e. The summed E-state index contributed by atoms with van der Waals surface area (Å²) in [4.78, 5) is 85.8. The summed E-state index contributed by atoms with van der Waals surface area (Å²) in [6, 6.07) is 20.1. The monoisotopic (exact) mass is 852 g/mol. The average Bonchev–Trinajstić information content (AvgIpc) is 3.87. The van der Waals surface area contributed by atoms with Gasteiger partial charge in [-0.15, -0.1) is 0 Å². The van der Waals surface area contributed by atoms with Crippen LogP contribution in [-0.2, 0) is 55.1 Å². The van der Waals surface area contributed by atoms with Crippen molar-refractivity contribution in [3.63, 3.8) is 0 Å². The molecule has 61 heavy (non-hydrogen) atoms. The lowest BCUT2D eigenvalue weighted by atomic mass is 9.82. The van der Waals surface area contributed by atoms with Crippen LogP contribution in [0.1, 0.15) is 64.0 Å². The fourth-order valence-electron chi connectivity index (χ4n) is 10.4. The lowest BCUT2D eigenvalue weighted by Gasteiger charge is -2.39. The van der Waals surface area contributed by atoms with Crippen LogP contribution in [0, 0.1) is 5.92 Å². The molecule has 3 aromatic rings. The van der Waals surface area contributed by atoms with Gasteiger partial charge in [-0.3, -0.25) is 38.6 Å². The van der Waals surface area contributed by atoms with Crippen LogP contribution in [-0.4, -0.2) is 98.5 Å². The highest BCUT2D eigenvalue weighted by atomic mass is 28.3. The van der Waals surface area contributed by atoms with Gasteiger partial charge < -0.3 is 33.9 Å². The number of carbonyl (C=O) groups excluding carboxylic acids is 6. The summed E-state index contributed by atoms with van der Waals surface area (Å²) in [5.41, 5.74) is 0.847. The van der Waals surface area contributed by atoms with Crippen LogP contribution in [0.25, 0.3) is 0 Å². The Labute approximate surface area is 355 Å². The summed E-state index contributed by atoms with van der Waals surface area (Å²) in [6.45, 7) is 9.51. The highest BCUT2D eigenvalue weighted by Gasteiger charge is 2.67. The molecule has 8 rings (SSSR count). The second-order valence-electron chi connectivity index (χ2n) is 17.3. The topological polar surface area (TPSA) is 173 Å². The zero-order valence-corrected chi connectivity index (χ0v) is 36.3. The number of β-lactam (4-membered cyclic amide) rings is 2. The lowest BCUT2D eigenvalue weighted by Crippen LogP contribution is -2.55. The number of hydrogen-bond donors (Lipinski definition) is 1. The van der Waals surface area contributed by atoms with E-state index in [9.17, 15) is 29.1 Å². The minimum atomic E-state index is -2.66. The van der Waals surface area contributed by atoms with E-state index in [1.807, 2.05) is 37.3 Å². The largest absolute Gasteiger partial charge is 0.497 e. The summed E-state index contributed by atoms with van der Waals surface area (Å²) in [6.07, 6.45) is -0.673. The molecule has 5 aliphatic heterocycles. The fourth-order valence-corrected chi connectivity index (χ4v) is 14.4. The van der Waals surface area contributed by atoms with Gasteiger partial charge in [-0.05, 0) is 66.4 Å². The number of carbonyl (C=O) groups is 6. The van der Waals surface area contributed by atoms with Crippen LogP contribution in [0.5, 0.6) is 5.75 Å². The zero-order chi connectivity index (χ0) is 43.5. The maximum atomic E-state index is 15.6. The average molecular weight is 853 g/mol. The first-order valence-electron chi connectivity index (χ1n) is 20.9. The van der Waals surface area contributed by atoms with Crippen molar-refractivity contribution in [3.05, 3.63) is 77.9 Å². The van der Waals surface area contributed by atoms with Crippen LogP contribution in [0.2, 0.25) is 18.6 Å². The Morgan fingerprint density at radius 2 is 1.52 bits per heavy atom. The van der Waals surface area contributed by atoms with E-state index in [-0.39, 0.29) is 67.6 Å². The smallest absolute Gasteiger partial charge is 0.304 e. The molecule has 16 heteroatoms. The highest BCUT2D eigenvalue weighted by molar-refractivity contribution is 6.91. The van der Waals surface area contributed by atoms with E-state index in [4.69, 9.17) is 18.9 Å². The predicted molar refractivity (Wildman–Crippen MR) is 225 cm³/mol. The molecular formula is C45H52N4O11Si. The van der Waals surface area contributed by atoms with Crippen molar-refractivity contribution >= 4 is 65.9 Å². The lowest BCUT2D eigenvalue weighted by molar-refractivity contribution is -0.155. The Bertz CT molecular complexity index is 2290. The van der Waals surface area contributed by atoms with Crippen LogP contribution in [0.4, 0.5) is 17.1 Å². The first-order chi connectivity index (χ1) is 29.1. The number of likely N-dealkylation sites (tertiary alicyclic amines) is 1. The number of anilines is 3. The quantitative estimate of drug-likeness (QED) is 0.158. The van der Waals surface area contributed by atoms with Crippen molar-refractivity contribution in [1.82, 2.24) is 4.90 Å². The van der Waals surface area contributed by atoms with E-state index in [1.165, 1.54) is 23.6 Å². The Hall–Kier alpha value is -5.58. The zero-order valence-electron chi connectivity index (χ0n) is 35.3. The molecule has 2 unspecified atom stereocenters. The van der Waals surface area contributed by atoms with Crippen LogP contribution in [0.15, 0.2) is 66.7 Å². The van der Waals surface area contributed by atoms with E-state index in [0.717, 1.165) is 11.6 Å². The summed E-state index contributed by atoms with van der Waals surface area (Å²) < 4.78 is 23.6. The van der Waals surface area contributed by atoms with Crippen molar-refractivity contribution < 1.29 is 52.8 Å². The van der Waals surface area contributed by atoms with Crippen molar-refractivity contribution in [3.8, 4) is 5.75 Å². The molecule has 3 aromatic carbocycles. The molecule has 0 aliphatic carbocycles. The van der Waals surface area contributed by atoms with Gasteiger partial charge in [-0.2, -0.15) is 0 Å². The molecule has 322 valence electrons. The second kappa shape index (κ2) is 16.0. The van der Waals surface area contributed by atoms with Gasteiger partial charge >= 0.3 is 11.9 Å². The number of nitrogens with zero attached hydrogens (tertiary/aromatic N) is 4. The number of hydrogen-bond acceptors (Lipinski definition) is 11. The van der Waals surface area contributed by atoms with Gasteiger partial charge in [-0.25, -0.2) is 0 Å². The molecule has 0 radical (unpaired) electrons. The van der Waals surface area contributed by atoms with E-state index < -0.39 is 50.1 Å². The fraction of sp³-hybridized carbons (Fsp3) is 0.467.